The van der Waals surface area contributed by atoms with Gasteiger partial charge in [0.25, 0.3) is 0 Å². The Labute approximate surface area is 117 Å². The van der Waals surface area contributed by atoms with E-state index < -0.39 is 0 Å². The highest BCUT2D eigenvalue weighted by molar-refractivity contribution is 5.74. The van der Waals surface area contributed by atoms with Crippen LogP contribution in [0.5, 0.6) is 11.5 Å². The summed E-state index contributed by atoms with van der Waals surface area (Å²) < 4.78 is 0. The van der Waals surface area contributed by atoms with Crippen molar-refractivity contribution in [3.05, 3.63) is 72.8 Å². The molecule has 2 N–H and O–H groups in total. The summed E-state index contributed by atoms with van der Waals surface area (Å²) in [7, 11) is 0. The van der Waals surface area contributed by atoms with Gasteiger partial charge in [0.05, 0.1) is 0 Å². The Morgan fingerprint density at radius 2 is 1.25 bits per heavy atom. The fourth-order valence-electron chi connectivity index (χ4n) is 2.25. The van der Waals surface area contributed by atoms with Crippen molar-refractivity contribution in [2.75, 3.05) is 0 Å². The van der Waals surface area contributed by atoms with E-state index in [9.17, 15) is 10.2 Å². The molecule has 0 aromatic heterocycles. The Bertz CT molecular complexity index is 730. The third-order valence-electron chi connectivity index (χ3n) is 3.28. The van der Waals surface area contributed by atoms with Crippen LogP contribution < -0.4 is 0 Å². The summed E-state index contributed by atoms with van der Waals surface area (Å²) in [4.78, 5) is 0. The van der Waals surface area contributed by atoms with E-state index in [0.717, 1.165) is 22.3 Å². The summed E-state index contributed by atoms with van der Waals surface area (Å²) >= 11 is 0. The van der Waals surface area contributed by atoms with E-state index in [1.807, 2.05) is 48.5 Å². The van der Waals surface area contributed by atoms with Gasteiger partial charge in [0.15, 0.2) is 0 Å². The molecule has 0 amide bonds. The molecule has 0 saturated heterocycles. The fourth-order valence-corrected chi connectivity index (χ4v) is 2.25. The molecule has 2 heteroatoms. The van der Waals surface area contributed by atoms with Gasteiger partial charge in [0.1, 0.15) is 11.5 Å². The number of phenolic OH excluding ortho intramolecular Hbond substituents is 2. The van der Waals surface area contributed by atoms with Gasteiger partial charge in [-0.3, -0.25) is 0 Å². The highest BCUT2D eigenvalue weighted by Crippen LogP contribution is 2.31. The molecule has 2 nitrogen and oxygen atoms in total. The summed E-state index contributed by atoms with van der Waals surface area (Å²) in [5.74, 6) is 0.532. The second kappa shape index (κ2) is 5.10. The number of hydrogen-bond donors (Lipinski definition) is 2. The molecule has 0 saturated carbocycles. The van der Waals surface area contributed by atoms with Gasteiger partial charge in [0, 0.05) is 5.56 Å². The molecule has 3 aromatic carbocycles. The first kappa shape index (κ1) is 12.3. The normalized spacial score (nSPS) is 10.4. The predicted octanol–water partition coefficient (Wildman–Crippen LogP) is 4.43. The number of benzene rings is 3. The zero-order chi connectivity index (χ0) is 13.9. The minimum atomic E-state index is 0.257. The number of para-hydroxylation sites is 1. The minimum Gasteiger partial charge on any atom is -0.508 e. The lowest BCUT2D eigenvalue weighted by molar-refractivity contribution is 0.475. The van der Waals surface area contributed by atoms with Crippen molar-refractivity contribution in [3.8, 4) is 33.8 Å². The van der Waals surface area contributed by atoms with E-state index in [0.29, 0.717) is 0 Å². The molecule has 0 aliphatic heterocycles. The summed E-state index contributed by atoms with van der Waals surface area (Å²) in [5.41, 5.74) is 3.77. The maximum atomic E-state index is 9.85. The Morgan fingerprint density at radius 1 is 0.550 bits per heavy atom. The molecule has 3 rings (SSSR count). The molecule has 98 valence electrons. The third-order valence-corrected chi connectivity index (χ3v) is 3.28. The highest BCUT2D eigenvalue weighted by atomic mass is 16.3. The predicted molar refractivity (Wildman–Crippen MR) is 80.6 cm³/mol. The number of aromatic hydroxyl groups is 2. The number of rotatable bonds is 2. The molecule has 0 aliphatic carbocycles. The lowest BCUT2D eigenvalue weighted by Gasteiger charge is -2.07. The maximum absolute atomic E-state index is 9.85. The molecule has 0 heterocycles. The molecule has 0 atom stereocenters. The van der Waals surface area contributed by atoms with Crippen molar-refractivity contribution in [3.63, 3.8) is 0 Å². The molecular weight excluding hydrogens is 248 g/mol. The zero-order valence-corrected chi connectivity index (χ0v) is 10.8. The number of phenols is 2. The van der Waals surface area contributed by atoms with Crippen LogP contribution in [0.3, 0.4) is 0 Å². The second-order valence-corrected chi connectivity index (χ2v) is 4.64. The van der Waals surface area contributed by atoms with Crippen LogP contribution in [-0.2, 0) is 0 Å². The summed E-state index contributed by atoms with van der Waals surface area (Å²) in [6, 6.07) is 22.3. The van der Waals surface area contributed by atoms with Gasteiger partial charge in [0.2, 0.25) is 0 Å². The highest BCUT2D eigenvalue weighted by Gasteiger charge is 2.04. The summed E-state index contributed by atoms with van der Waals surface area (Å²) in [6.45, 7) is 0. The fraction of sp³-hybridized carbons (Fsp3) is 0. The van der Waals surface area contributed by atoms with E-state index in [4.69, 9.17) is 0 Å². The monoisotopic (exact) mass is 262 g/mol. The van der Waals surface area contributed by atoms with Crippen molar-refractivity contribution in [1.82, 2.24) is 0 Å². The van der Waals surface area contributed by atoms with E-state index in [1.54, 1.807) is 24.3 Å². The van der Waals surface area contributed by atoms with Crippen molar-refractivity contribution in [2.24, 2.45) is 0 Å². The van der Waals surface area contributed by atoms with Crippen LogP contribution in [-0.4, -0.2) is 10.2 Å². The first-order valence-electron chi connectivity index (χ1n) is 6.42. The van der Waals surface area contributed by atoms with Crippen LogP contribution in [0.25, 0.3) is 22.3 Å². The summed E-state index contributed by atoms with van der Waals surface area (Å²) in [6.07, 6.45) is 0. The molecule has 20 heavy (non-hydrogen) atoms. The molecule has 3 aromatic rings. The van der Waals surface area contributed by atoms with E-state index in [-0.39, 0.29) is 11.5 Å². The zero-order valence-electron chi connectivity index (χ0n) is 10.8. The smallest absolute Gasteiger partial charge is 0.123 e. The molecule has 0 aliphatic rings. The van der Waals surface area contributed by atoms with E-state index in [1.165, 1.54) is 0 Å². The van der Waals surface area contributed by atoms with Gasteiger partial charge in [-0.05, 0) is 34.9 Å². The van der Waals surface area contributed by atoms with Crippen LogP contribution in [0.15, 0.2) is 72.8 Å². The molecule has 0 bridgehead atoms. The Morgan fingerprint density at radius 3 is 1.95 bits per heavy atom. The Hall–Kier alpha value is -2.74. The molecule has 0 fully saturated rings. The van der Waals surface area contributed by atoms with Gasteiger partial charge in [-0.15, -0.1) is 0 Å². The van der Waals surface area contributed by atoms with Crippen molar-refractivity contribution in [1.29, 1.82) is 0 Å². The van der Waals surface area contributed by atoms with Gasteiger partial charge in [-0.2, -0.15) is 0 Å². The lowest BCUT2D eigenvalue weighted by Crippen LogP contribution is -1.81. The van der Waals surface area contributed by atoms with Crippen LogP contribution in [0.1, 0.15) is 0 Å². The van der Waals surface area contributed by atoms with Crippen LogP contribution in [0.4, 0.5) is 0 Å². The van der Waals surface area contributed by atoms with Crippen LogP contribution in [0, 0.1) is 0 Å². The maximum Gasteiger partial charge on any atom is 0.123 e. The summed E-state index contributed by atoms with van der Waals surface area (Å²) in [5, 5.41) is 19.4. The van der Waals surface area contributed by atoms with Crippen molar-refractivity contribution < 1.29 is 10.2 Å². The first-order chi connectivity index (χ1) is 9.74. The molecule has 0 spiro atoms. The van der Waals surface area contributed by atoms with Crippen LogP contribution in [0.2, 0.25) is 0 Å². The van der Waals surface area contributed by atoms with Gasteiger partial charge in [-0.1, -0.05) is 54.6 Å². The molecular formula is C18H14O2. The lowest BCUT2D eigenvalue weighted by atomic mass is 10.00. The quantitative estimate of drug-likeness (QED) is 0.717. The SMILES string of the molecule is Oc1cccc(-c2ccc(-c3ccccc3O)cc2)c1. The third kappa shape index (κ3) is 2.36. The Kier molecular flexibility index (Phi) is 3.13. The topological polar surface area (TPSA) is 40.5 Å². The number of hydrogen-bond acceptors (Lipinski definition) is 2. The molecule has 0 radical (unpaired) electrons. The average molecular weight is 262 g/mol. The minimum absolute atomic E-state index is 0.257. The van der Waals surface area contributed by atoms with Gasteiger partial charge >= 0.3 is 0 Å². The second-order valence-electron chi connectivity index (χ2n) is 4.64. The van der Waals surface area contributed by atoms with Gasteiger partial charge < -0.3 is 10.2 Å². The van der Waals surface area contributed by atoms with Crippen LogP contribution >= 0.6 is 0 Å². The standard InChI is InChI=1S/C18H14O2/c19-16-5-3-4-15(12-16)13-8-10-14(11-9-13)17-6-1-2-7-18(17)20/h1-12,19-20H. The van der Waals surface area contributed by atoms with Crippen molar-refractivity contribution >= 4 is 0 Å². The average Bonchev–Trinajstić information content (AvgIpc) is 2.48. The van der Waals surface area contributed by atoms with E-state index >= 15 is 0 Å². The first-order valence-corrected chi connectivity index (χ1v) is 6.42. The Balaban J connectivity index is 1.98. The van der Waals surface area contributed by atoms with Crippen molar-refractivity contribution in [2.45, 2.75) is 0 Å². The molecule has 0 unspecified atom stereocenters. The van der Waals surface area contributed by atoms with Gasteiger partial charge in [-0.25, -0.2) is 0 Å². The van der Waals surface area contributed by atoms with E-state index in [2.05, 4.69) is 0 Å². The largest absolute Gasteiger partial charge is 0.508 e.